The first-order chi connectivity index (χ1) is 12.6. The largest absolute Gasteiger partial charge is 0.497 e. The van der Waals surface area contributed by atoms with Gasteiger partial charge < -0.3 is 14.6 Å². The number of nitrogens with two attached hydrogens (primary N) is 1. The molecule has 1 atom stereocenters. The number of rotatable bonds is 8. The molecule has 138 valence electrons. The summed E-state index contributed by atoms with van der Waals surface area (Å²) in [6.07, 6.45) is 0.316. The van der Waals surface area contributed by atoms with E-state index in [9.17, 15) is 5.11 Å². The van der Waals surface area contributed by atoms with E-state index >= 15 is 0 Å². The van der Waals surface area contributed by atoms with Crippen LogP contribution < -0.4 is 19.8 Å². The summed E-state index contributed by atoms with van der Waals surface area (Å²) in [5.41, 5.74) is 8.44. The van der Waals surface area contributed by atoms with Crippen LogP contribution in [-0.2, 0) is 13.1 Å². The molecule has 0 aliphatic heterocycles. The lowest BCUT2D eigenvalue weighted by Crippen LogP contribution is -2.43. The highest BCUT2D eigenvalue weighted by Gasteiger charge is 2.22. The third kappa shape index (κ3) is 3.75. The molecular formula is C20H26N3O3+. The molecular weight excluding hydrogens is 330 g/mol. The molecule has 3 rings (SSSR count). The van der Waals surface area contributed by atoms with E-state index in [1.165, 1.54) is 0 Å². The lowest BCUT2D eigenvalue weighted by molar-refractivity contribution is -0.665. The van der Waals surface area contributed by atoms with Crippen LogP contribution in [0.5, 0.6) is 11.5 Å². The van der Waals surface area contributed by atoms with Crippen molar-refractivity contribution in [2.24, 2.45) is 0 Å². The second kappa shape index (κ2) is 8.10. The molecule has 0 amide bonds. The minimum Gasteiger partial charge on any atom is -0.497 e. The van der Waals surface area contributed by atoms with Crippen molar-refractivity contribution in [2.75, 3.05) is 19.5 Å². The fourth-order valence-corrected chi connectivity index (χ4v) is 3.09. The van der Waals surface area contributed by atoms with E-state index in [0.717, 1.165) is 29.7 Å². The van der Waals surface area contributed by atoms with Gasteiger partial charge in [-0.25, -0.2) is 9.13 Å². The molecule has 0 saturated carbocycles. The quantitative estimate of drug-likeness (QED) is 0.608. The van der Waals surface area contributed by atoms with Crippen LogP contribution in [0.15, 0.2) is 48.5 Å². The van der Waals surface area contributed by atoms with Crippen LogP contribution >= 0.6 is 0 Å². The van der Waals surface area contributed by atoms with Crippen LogP contribution in [0, 0.1) is 0 Å². The number of hydrogen-bond donors (Lipinski definition) is 2. The van der Waals surface area contributed by atoms with Crippen molar-refractivity contribution in [3.8, 4) is 11.5 Å². The number of para-hydroxylation sites is 2. The fourth-order valence-electron chi connectivity index (χ4n) is 3.09. The van der Waals surface area contributed by atoms with E-state index in [0.29, 0.717) is 18.2 Å². The molecule has 0 unspecified atom stereocenters. The smallest absolute Gasteiger partial charge is 0.356 e. The Morgan fingerprint density at radius 1 is 1.12 bits per heavy atom. The Kier molecular flexibility index (Phi) is 5.63. The number of imidazole rings is 1. The SMILES string of the molecule is CCCn1c(N)[n+](C[C@H](O)COc2ccc(OC)cc2)c2ccccc21. The molecule has 3 N–H and O–H groups in total. The Morgan fingerprint density at radius 3 is 2.50 bits per heavy atom. The molecule has 0 aliphatic carbocycles. The Morgan fingerprint density at radius 2 is 1.81 bits per heavy atom. The van der Waals surface area contributed by atoms with Gasteiger partial charge >= 0.3 is 5.95 Å². The number of aliphatic hydroxyl groups excluding tert-OH is 1. The minimum absolute atomic E-state index is 0.187. The first-order valence-corrected chi connectivity index (χ1v) is 8.85. The van der Waals surface area contributed by atoms with Gasteiger partial charge in [-0.1, -0.05) is 19.1 Å². The maximum absolute atomic E-state index is 10.5. The van der Waals surface area contributed by atoms with Crippen LogP contribution in [0.25, 0.3) is 11.0 Å². The monoisotopic (exact) mass is 356 g/mol. The summed E-state index contributed by atoms with van der Waals surface area (Å²) >= 11 is 0. The average Bonchev–Trinajstić information content (AvgIpc) is 2.93. The van der Waals surface area contributed by atoms with Crippen molar-refractivity contribution in [1.29, 1.82) is 0 Å². The number of aromatic nitrogens is 2. The molecule has 0 spiro atoms. The molecule has 0 saturated heterocycles. The van der Waals surface area contributed by atoms with E-state index in [1.54, 1.807) is 7.11 Å². The minimum atomic E-state index is -0.676. The second-order valence-electron chi connectivity index (χ2n) is 6.25. The molecule has 1 heterocycles. The van der Waals surface area contributed by atoms with Gasteiger partial charge in [0.15, 0.2) is 0 Å². The van der Waals surface area contributed by atoms with Gasteiger partial charge in [-0.2, -0.15) is 0 Å². The summed E-state index contributed by atoms with van der Waals surface area (Å²) in [5, 5.41) is 10.5. The van der Waals surface area contributed by atoms with Crippen LogP contribution in [0.3, 0.4) is 0 Å². The topological polar surface area (TPSA) is 73.5 Å². The van der Waals surface area contributed by atoms with Gasteiger partial charge in [-0.3, -0.25) is 5.73 Å². The number of ether oxygens (including phenoxy) is 2. The van der Waals surface area contributed by atoms with Crippen molar-refractivity contribution in [1.82, 2.24) is 4.57 Å². The highest BCUT2D eigenvalue weighted by molar-refractivity contribution is 5.73. The van der Waals surface area contributed by atoms with E-state index < -0.39 is 6.10 Å². The number of aliphatic hydroxyl groups is 1. The normalized spacial score (nSPS) is 12.3. The molecule has 6 heteroatoms. The van der Waals surface area contributed by atoms with Crippen LogP contribution in [0.2, 0.25) is 0 Å². The lowest BCUT2D eigenvalue weighted by Gasteiger charge is -2.12. The lowest BCUT2D eigenvalue weighted by atomic mass is 10.3. The molecule has 0 fully saturated rings. The Labute approximate surface area is 153 Å². The third-order valence-electron chi connectivity index (χ3n) is 4.36. The first kappa shape index (κ1) is 18.1. The molecule has 0 aliphatic rings. The summed E-state index contributed by atoms with van der Waals surface area (Å²) < 4.78 is 14.8. The van der Waals surface area contributed by atoms with Crippen LogP contribution in [0.4, 0.5) is 5.95 Å². The molecule has 2 aromatic carbocycles. The number of methoxy groups -OCH3 is 1. The van der Waals surface area contributed by atoms with Gasteiger partial charge in [0.05, 0.1) is 13.7 Å². The van der Waals surface area contributed by atoms with Crippen molar-refractivity contribution in [2.45, 2.75) is 32.5 Å². The molecule has 3 aromatic rings. The Balaban J connectivity index is 1.72. The van der Waals surface area contributed by atoms with E-state index in [-0.39, 0.29) is 6.61 Å². The summed E-state index contributed by atoms with van der Waals surface area (Å²) in [4.78, 5) is 0. The zero-order chi connectivity index (χ0) is 18.5. The maximum Gasteiger partial charge on any atom is 0.356 e. The third-order valence-corrected chi connectivity index (χ3v) is 4.36. The van der Waals surface area contributed by atoms with Gasteiger partial charge in [-0.05, 0) is 42.8 Å². The van der Waals surface area contributed by atoms with Gasteiger partial charge in [0.2, 0.25) is 0 Å². The van der Waals surface area contributed by atoms with Crippen molar-refractivity contribution >= 4 is 17.0 Å². The summed E-state index contributed by atoms with van der Waals surface area (Å²) in [5.74, 6) is 2.11. The molecule has 0 bridgehead atoms. The average molecular weight is 356 g/mol. The summed E-state index contributed by atoms with van der Waals surface area (Å²) in [6, 6.07) is 15.4. The first-order valence-electron chi connectivity index (χ1n) is 8.85. The predicted octanol–water partition coefficient (Wildman–Crippen LogP) is 2.37. The molecule has 6 nitrogen and oxygen atoms in total. The van der Waals surface area contributed by atoms with Gasteiger partial charge in [0, 0.05) is 0 Å². The number of fused-ring (bicyclic) bond motifs is 1. The van der Waals surface area contributed by atoms with Crippen molar-refractivity contribution in [3.05, 3.63) is 48.5 Å². The number of nitrogens with zero attached hydrogens (tertiary/aromatic N) is 2. The Hall–Kier alpha value is -2.73. The molecule has 0 radical (unpaired) electrons. The zero-order valence-electron chi connectivity index (χ0n) is 15.3. The number of aryl methyl sites for hydroxylation is 1. The van der Waals surface area contributed by atoms with Gasteiger partial charge in [-0.15, -0.1) is 0 Å². The van der Waals surface area contributed by atoms with Crippen molar-refractivity contribution in [3.63, 3.8) is 0 Å². The van der Waals surface area contributed by atoms with E-state index in [4.69, 9.17) is 15.2 Å². The van der Waals surface area contributed by atoms with Crippen LogP contribution in [-0.4, -0.2) is 29.5 Å². The predicted molar refractivity (Wildman–Crippen MR) is 101 cm³/mol. The standard InChI is InChI=1S/C20H25N3O3/c1-3-12-22-18-6-4-5-7-19(18)23(20(22)21)13-15(24)14-26-17-10-8-16(25-2)9-11-17/h4-11,15,21,24H,3,12-14H2,1-2H3/p+1/t15-/m0/s1. The van der Waals surface area contributed by atoms with Crippen molar-refractivity contribution < 1.29 is 19.1 Å². The maximum atomic E-state index is 10.5. The fraction of sp³-hybridized carbons (Fsp3) is 0.350. The molecule has 26 heavy (non-hydrogen) atoms. The number of benzene rings is 2. The summed E-state index contributed by atoms with van der Waals surface area (Å²) in [6.45, 7) is 3.53. The van der Waals surface area contributed by atoms with Crippen LogP contribution in [0.1, 0.15) is 13.3 Å². The van der Waals surface area contributed by atoms with Gasteiger partial charge in [0.25, 0.3) is 0 Å². The molecule has 1 aromatic heterocycles. The number of hydrogen-bond acceptors (Lipinski definition) is 4. The second-order valence-corrected chi connectivity index (χ2v) is 6.25. The summed E-state index contributed by atoms with van der Waals surface area (Å²) in [7, 11) is 1.62. The van der Waals surface area contributed by atoms with E-state index in [1.807, 2.05) is 47.0 Å². The van der Waals surface area contributed by atoms with E-state index in [2.05, 4.69) is 17.6 Å². The zero-order valence-corrected chi connectivity index (χ0v) is 15.3. The Bertz CT molecular complexity index is 859. The number of nitrogen functional groups attached to an aromatic ring is 1. The highest BCUT2D eigenvalue weighted by atomic mass is 16.5. The number of anilines is 1. The van der Waals surface area contributed by atoms with Gasteiger partial charge in [0.1, 0.15) is 41.8 Å². The highest BCUT2D eigenvalue weighted by Crippen LogP contribution is 2.18.